The average molecular weight is 220 g/mol. The lowest BCUT2D eigenvalue weighted by Gasteiger charge is -2.41. The van der Waals surface area contributed by atoms with Crippen LogP contribution in [0.15, 0.2) is 0 Å². The van der Waals surface area contributed by atoms with Gasteiger partial charge in [-0.25, -0.2) is 0 Å². The van der Waals surface area contributed by atoms with Crippen molar-refractivity contribution in [3.8, 4) is 0 Å². The van der Waals surface area contributed by atoms with E-state index in [1.807, 2.05) is 6.92 Å². The number of carbonyl (C=O) groups excluding carboxylic acids is 1. The van der Waals surface area contributed by atoms with Gasteiger partial charge in [0, 0.05) is 17.3 Å². The Hall–Kier alpha value is -0.0500. The van der Waals surface area contributed by atoms with Crippen LogP contribution in [0.2, 0.25) is 0 Å². The fourth-order valence-electron chi connectivity index (χ4n) is 1.28. The number of rotatable bonds is 3. The van der Waals surface area contributed by atoms with E-state index in [4.69, 9.17) is 0 Å². The minimum atomic E-state index is 0.104. The Morgan fingerprint density at radius 3 is 2.55 bits per heavy atom. The predicted molar refractivity (Wildman–Crippen MR) is 48.8 cm³/mol. The van der Waals surface area contributed by atoms with E-state index in [1.165, 1.54) is 6.42 Å². The molecule has 0 aromatic carbocycles. The van der Waals surface area contributed by atoms with Gasteiger partial charge in [-0.1, -0.05) is 22.9 Å². The molecule has 64 valence electrons. The van der Waals surface area contributed by atoms with Gasteiger partial charge in [-0.15, -0.1) is 0 Å². The normalized spacial score (nSPS) is 20.5. The van der Waals surface area contributed by atoms with Crippen LogP contribution in [-0.4, -0.2) is 16.8 Å². The summed E-state index contributed by atoms with van der Waals surface area (Å²) in [6.45, 7) is 1.88. The number of hydrogen-bond acceptors (Lipinski definition) is 1. The molecular weight excluding hydrogens is 206 g/mol. The van der Waals surface area contributed by atoms with Crippen LogP contribution in [0.5, 0.6) is 0 Å². The summed E-state index contributed by atoms with van der Waals surface area (Å²) in [5.41, 5.74) is 0.104. The molecule has 1 rings (SSSR count). The smallest absolute Gasteiger partial charge is 0.220 e. The van der Waals surface area contributed by atoms with E-state index >= 15 is 0 Å². The fourth-order valence-corrected chi connectivity index (χ4v) is 1.98. The van der Waals surface area contributed by atoms with Gasteiger partial charge in [0.15, 0.2) is 0 Å². The van der Waals surface area contributed by atoms with Crippen LogP contribution in [-0.2, 0) is 4.79 Å². The van der Waals surface area contributed by atoms with Crippen LogP contribution in [0.3, 0.4) is 0 Å². The van der Waals surface area contributed by atoms with E-state index in [0.717, 1.165) is 18.2 Å². The summed E-state index contributed by atoms with van der Waals surface area (Å²) >= 11 is 3.43. The highest BCUT2D eigenvalue weighted by molar-refractivity contribution is 9.09. The average Bonchev–Trinajstić information content (AvgIpc) is 1.96. The van der Waals surface area contributed by atoms with Gasteiger partial charge < -0.3 is 5.32 Å². The second kappa shape index (κ2) is 3.57. The van der Waals surface area contributed by atoms with Crippen LogP contribution in [0, 0.1) is 0 Å². The Balaban J connectivity index is 2.38. The zero-order valence-corrected chi connectivity index (χ0v) is 8.41. The Labute approximate surface area is 75.9 Å². The Kier molecular flexibility index (Phi) is 2.93. The van der Waals surface area contributed by atoms with Gasteiger partial charge in [0.05, 0.1) is 0 Å². The monoisotopic (exact) mass is 219 g/mol. The zero-order chi connectivity index (χ0) is 8.32. The standard InChI is InChI=1S/C8H14BrNO/c1-2-7(11)10-8(6-9)4-3-5-8/h2-6H2,1H3,(H,10,11). The first-order valence-electron chi connectivity index (χ1n) is 4.09. The molecule has 1 N–H and O–H groups in total. The van der Waals surface area contributed by atoms with E-state index in [9.17, 15) is 4.79 Å². The van der Waals surface area contributed by atoms with Crippen molar-refractivity contribution >= 4 is 21.8 Å². The molecule has 0 heterocycles. The van der Waals surface area contributed by atoms with E-state index in [-0.39, 0.29) is 11.4 Å². The van der Waals surface area contributed by atoms with Crippen molar-refractivity contribution < 1.29 is 4.79 Å². The van der Waals surface area contributed by atoms with Crippen LogP contribution in [0.25, 0.3) is 0 Å². The van der Waals surface area contributed by atoms with Crippen LogP contribution in [0.4, 0.5) is 0 Å². The number of alkyl halides is 1. The molecule has 2 nitrogen and oxygen atoms in total. The number of nitrogens with one attached hydrogen (secondary N) is 1. The van der Waals surface area contributed by atoms with Gasteiger partial charge in [-0.3, -0.25) is 4.79 Å². The minimum absolute atomic E-state index is 0.104. The van der Waals surface area contributed by atoms with Crippen LogP contribution >= 0.6 is 15.9 Å². The number of halogens is 1. The van der Waals surface area contributed by atoms with Crippen molar-refractivity contribution in [3.05, 3.63) is 0 Å². The van der Waals surface area contributed by atoms with Crippen molar-refractivity contribution in [2.24, 2.45) is 0 Å². The van der Waals surface area contributed by atoms with Crippen molar-refractivity contribution in [1.29, 1.82) is 0 Å². The number of hydrogen-bond donors (Lipinski definition) is 1. The summed E-state index contributed by atoms with van der Waals surface area (Å²) in [6.07, 6.45) is 4.10. The summed E-state index contributed by atoms with van der Waals surface area (Å²) in [4.78, 5) is 11.0. The van der Waals surface area contributed by atoms with Gasteiger partial charge in [0.25, 0.3) is 0 Å². The molecule has 3 heteroatoms. The maximum absolute atomic E-state index is 11.0. The molecule has 1 amide bonds. The largest absolute Gasteiger partial charge is 0.350 e. The van der Waals surface area contributed by atoms with Gasteiger partial charge in [0.1, 0.15) is 0 Å². The number of amides is 1. The molecule has 0 aliphatic heterocycles. The van der Waals surface area contributed by atoms with Crippen molar-refractivity contribution in [2.75, 3.05) is 5.33 Å². The summed E-state index contributed by atoms with van der Waals surface area (Å²) < 4.78 is 0. The summed E-state index contributed by atoms with van der Waals surface area (Å²) in [6, 6.07) is 0. The second-order valence-corrected chi connectivity index (χ2v) is 3.73. The first kappa shape index (κ1) is 9.04. The van der Waals surface area contributed by atoms with E-state index in [2.05, 4.69) is 21.2 Å². The molecule has 0 spiro atoms. The van der Waals surface area contributed by atoms with Gasteiger partial charge in [-0.05, 0) is 19.3 Å². The predicted octanol–water partition coefficient (Wildman–Crippen LogP) is 1.83. The molecule has 1 fully saturated rings. The molecular formula is C8H14BrNO. The molecule has 1 aliphatic carbocycles. The molecule has 11 heavy (non-hydrogen) atoms. The van der Waals surface area contributed by atoms with Crippen LogP contribution in [0.1, 0.15) is 32.6 Å². The van der Waals surface area contributed by atoms with E-state index < -0.39 is 0 Å². The third-order valence-corrected chi connectivity index (χ3v) is 3.37. The molecule has 0 aromatic rings. The number of carbonyl (C=O) groups is 1. The summed E-state index contributed by atoms with van der Waals surface area (Å²) in [7, 11) is 0. The van der Waals surface area contributed by atoms with Crippen molar-refractivity contribution in [3.63, 3.8) is 0 Å². The first-order valence-corrected chi connectivity index (χ1v) is 5.21. The highest BCUT2D eigenvalue weighted by Gasteiger charge is 2.36. The van der Waals surface area contributed by atoms with Crippen LogP contribution < -0.4 is 5.32 Å². The van der Waals surface area contributed by atoms with E-state index in [1.54, 1.807) is 0 Å². The molecule has 0 unspecified atom stereocenters. The summed E-state index contributed by atoms with van der Waals surface area (Å²) in [5.74, 6) is 0.171. The lowest BCUT2D eigenvalue weighted by molar-refractivity contribution is -0.123. The lowest BCUT2D eigenvalue weighted by atomic mass is 9.78. The fraction of sp³-hybridized carbons (Fsp3) is 0.875. The Bertz CT molecular complexity index is 149. The quantitative estimate of drug-likeness (QED) is 0.722. The molecule has 0 radical (unpaired) electrons. The second-order valence-electron chi connectivity index (χ2n) is 3.17. The highest BCUT2D eigenvalue weighted by atomic mass is 79.9. The maximum Gasteiger partial charge on any atom is 0.220 e. The topological polar surface area (TPSA) is 29.1 Å². The SMILES string of the molecule is CCC(=O)NC1(CBr)CCC1. The zero-order valence-electron chi connectivity index (χ0n) is 6.82. The van der Waals surface area contributed by atoms with Gasteiger partial charge >= 0.3 is 0 Å². The van der Waals surface area contributed by atoms with Crippen molar-refractivity contribution in [1.82, 2.24) is 5.32 Å². The molecule has 0 bridgehead atoms. The van der Waals surface area contributed by atoms with E-state index in [0.29, 0.717) is 6.42 Å². The molecule has 0 aromatic heterocycles. The lowest BCUT2D eigenvalue weighted by Crippen LogP contribution is -2.54. The third kappa shape index (κ3) is 1.95. The Morgan fingerprint density at radius 1 is 1.64 bits per heavy atom. The first-order chi connectivity index (χ1) is 5.22. The summed E-state index contributed by atoms with van der Waals surface area (Å²) in [5, 5.41) is 3.94. The molecule has 0 atom stereocenters. The molecule has 1 saturated carbocycles. The van der Waals surface area contributed by atoms with Crippen molar-refractivity contribution in [2.45, 2.75) is 38.1 Å². The maximum atomic E-state index is 11.0. The molecule has 1 aliphatic rings. The third-order valence-electron chi connectivity index (χ3n) is 2.29. The van der Waals surface area contributed by atoms with Gasteiger partial charge in [-0.2, -0.15) is 0 Å². The Morgan fingerprint density at radius 2 is 2.27 bits per heavy atom. The minimum Gasteiger partial charge on any atom is -0.350 e. The van der Waals surface area contributed by atoms with Gasteiger partial charge in [0.2, 0.25) is 5.91 Å². The highest BCUT2D eigenvalue weighted by Crippen LogP contribution is 2.33. The molecule has 0 saturated heterocycles.